The van der Waals surface area contributed by atoms with Crippen molar-refractivity contribution in [3.63, 3.8) is 0 Å². The van der Waals surface area contributed by atoms with Crippen LogP contribution in [0.15, 0.2) is 46.9 Å². The van der Waals surface area contributed by atoms with Crippen molar-refractivity contribution in [3.05, 3.63) is 53.8 Å². The van der Waals surface area contributed by atoms with Crippen LogP contribution in [0.25, 0.3) is 0 Å². The zero-order chi connectivity index (χ0) is 13.8. The Hall–Kier alpha value is -2.23. The predicted octanol–water partition coefficient (Wildman–Crippen LogP) is 2.91. The van der Waals surface area contributed by atoms with E-state index in [0.29, 0.717) is 6.54 Å². The van der Waals surface area contributed by atoms with Crippen molar-refractivity contribution in [2.45, 2.75) is 26.4 Å². The number of carbonyl (C=O) groups excluding carboxylic acids is 1. The van der Waals surface area contributed by atoms with Crippen LogP contribution < -0.4 is 5.73 Å². The van der Waals surface area contributed by atoms with Gasteiger partial charge in [0.15, 0.2) is 11.6 Å². The average molecular weight is 258 g/mol. The van der Waals surface area contributed by atoms with E-state index in [1.807, 2.05) is 44.2 Å². The lowest BCUT2D eigenvalue weighted by molar-refractivity contribution is 0.0658. The Labute approximate surface area is 112 Å². The zero-order valence-electron chi connectivity index (χ0n) is 11.2. The first kappa shape index (κ1) is 13.2. The highest BCUT2D eigenvalue weighted by atomic mass is 16.4. The smallest absolute Gasteiger partial charge is 0.290 e. The van der Waals surface area contributed by atoms with Crippen LogP contribution in [0.3, 0.4) is 0 Å². The number of amides is 1. The molecule has 0 spiro atoms. The number of furan rings is 1. The molecule has 0 saturated carbocycles. The van der Waals surface area contributed by atoms with E-state index < -0.39 is 0 Å². The minimum absolute atomic E-state index is 0.0824. The van der Waals surface area contributed by atoms with Crippen LogP contribution in [0.2, 0.25) is 0 Å². The molecule has 0 bridgehead atoms. The van der Waals surface area contributed by atoms with Gasteiger partial charge in [-0.25, -0.2) is 0 Å². The first-order valence-corrected chi connectivity index (χ1v) is 6.28. The fourth-order valence-electron chi connectivity index (χ4n) is 1.88. The number of nitrogens with two attached hydrogens (primary N) is 1. The van der Waals surface area contributed by atoms with Gasteiger partial charge in [0.25, 0.3) is 5.91 Å². The summed E-state index contributed by atoms with van der Waals surface area (Å²) in [7, 11) is 0. The topological polar surface area (TPSA) is 59.5 Å². The molecule has 0 unspecified atom stereocenters. The van der Waals surface area contributed by atoms with Gasteiger partial charge in [0.2, 0.25) is 0 Å². The molecule has 0 aliphatic rings. The summed E-state index contributed by atoms with van der Waals surface area (Å²) in [4.78, 5) is 14.1. The normalized spacial score (nSPS) is 10.7. The van der Waals surface area contributed by atoms with Gasteiger partial charge in [-0.15, -0.1) is 0 Å². The third-order valence-electron chi connectivity index (χ3n) is 2.92. The average Bonchev–Trinajstić information content (AvgIpc) is 2.83. The Morgan fingerprint density at radius 3 is 2.42 bits per heavy atom. The molecule has 4 nitrogen and oxygen atoms in total. The van der Waals surface area contributed by atoms with E-state index in [1.54, 1.807) is 17.0 Å². The minimum Gasteiger partial charge on any atom is -0.436 e. The summed E-state index contributed by atoms with van der Waals surface area (Å²) in [6.07, 6.45) is 0. The highest BCUT2D eigenvalue weighted by Crippen LogP contribution is 2.16. The standard InChI is InChI=1S/C15H18N2O2/c1-11(2)17(10-12-6-4-3-5-7-12)15(18)13-8-9-14(16)19-13/h3-9,11H,10,16H2,1-2H3. The van der Waals surface area contributed by atoms with Crippen LogP contribution in [-0.2, 0) is 6.54 Å². The Morgan fingerprint density at radius 2 is 1.89 bits per heavy atom. The molecule has 1 aromatic heterocycles. The highest BCUT2D eigenvalue weighted by molar-refractivity contribution is 5.92. The van der Waals surface area contributed by atoms with E-state index in [0.717, 1.165) is 5.56 Å². The van der Waals surface area contributed by atoms with Crippen molar-refractivity contribution >= 4 is 11.8 Å². The maximum atomic E-state index is 12.4. The van der Waals surface area contributed by atoms with Crippen LogP contribution in [0.1, 0.15) is 30.0 Å². The highest BCUT2D eigenvalue weighted by Gasteiger charge is 2.21. The second kappa shape index (κ2) is 5.61. The molecule has 1 aromatic carbocycles. The van der Waals surface area contributed by atoms with Crippen LogP contribution in [-0.4, -0.2) is 16.8 Å². The van der Waals surface area contributed by atoms with Crippen molar-refractivity contribution < 1.29 is 9.21 Å². The summed E-state index contributed by atoms with van der Waals surface area (Å²) in [6.45, 7) is 4.51. The first-order chi connectivity index (χ1) is 9.08. The summed E-state index contributed by atoms with van der Waals surface area (Å²) in [5.74, 6) is 0.393. The zero-order valence-corrected chi connectivity index (χ0v) is 11.2. The number of nitrogen functional groups attached to an aromatic ring is 1. The van der Waals surface area contributed by atoms with Gasteiger partial charge >= 0.3 is 0 Å². The molecule has 0 radical (unpaired) electrons. The van der Waals surface area contributed by atoms with E-state index in [9.17, 15) is 4.79 Å². The number of anilines is 1. The molecule has 100 valence electrons. The minimum atomic E-state index is -0.143. The molecule has 2 N–H and O–H groups in total. The lowest BCUT2D eigenvalue weighted by Crippen LogP contribution is -2.36. The van der Waals surface area contributed by atoms with Crippen molar-refractivity contribution in [3.8, 4) is 0 Å². The number of benzene rings is 1. The molecule has 19 heavy (non-hydrogen) atoms. The molecular formula is C15H18N2O2. The van der Waals surface area contributed by atoms with Gasteiger partial charge in [-0.2, -0.15) is 0 Å². The quantitative estimate of drug-likeness (QED) is 0.917. The van der Waals surface area contributed by atoms with Crippen molar-refractivity contribution in [2.75, 3.05) is 5.73 Å². The molecule has 2 rings (SSSR count). The molecular weight excluding hydrogens is 240 g/mol. The molecule has 0 fully saturated rings. The van der Waals surface area contributed by atoms with E-state index in [1.165, 1.54) is 0 Å². The second-order valence-electron chi connectivity index (χ2n) is 4.71. The summed E-state index contributed by atoms with van der Waals surface area (Å²) < 4.78 is 5.20. The molecule has 1 amide bonds. The molecule has 0 aliphatic carbocycles. The maximum absolute atomic E-state index is 12.4. The summed E-state index contributed by atoms with van der Waals surface area (Å²) in [5, 5.41) is 0. The Balaban J connectivity index is 2.19. The van der Waals surface area contributed by atoms with Crippen LogP contribution in [0.5, 0.6) is 0 Å². The monoisotopic (exact) mass is 258 g/mol. The molecule has 0 aliphatic heterocycles. The molecule has 1 heterocycles. The van der Waals surface area contributed by atoms with Gasteiger partial charge in [-0.1, -0.05) is 30.3 Å². The predicted molar refractivity (Wildman–Crippen MR) is 74.6 cm³/mol. The van der Waals surface area contributed by atoms with E-state index >= 15 is 0 Å². The molecule has 2 aromatic rings. The fraction of sp³-hybridized carbons (Fsp3) is 0.267. The molecule has 0 atom stereocenters. The van der Waals surface area contributed by atoms with Crippen molar-refractivity contribution in [1.29, 1.82) is 0 Å². The maximum Gasteiger partial charge on any atom is 0.290 e. The number of hydrogen-bond acceptors (Lipinski definition) is 3. The SMILES string of the molecule is CC(C)N(Cc1ccccc1)C(=O)c1ccc(N)o1. The first-order valence-electron chi connectivity index (χ1n) is 6.28. The second-order valence-corrected chi connectivity index (χ2v) is 4.71. The van der Waals surface area contributed by atoms with Crippen molar-refractivity contribution in [2.24, 2.45) is 0 Å². The van der Waals surface area contributed by atoms with Gasteiger partial charge in [0.1, 0.15) is 0 Å². The number of hydrogen-bond donors (Lipinski definition) is 1. The summed E-state index contributed by atoms with van der Waals surface area (Å²) in [5.41, 5.74) is 6.59. The number of rotatable bonds is 4. The Kier molecular flexibility index (Phi) is 3.90. The third-order valence-corrected chi connectivity index (χ3v) is 2.92. The van der Waals surface area contributed by atoms with Crippen molar-refractivity contribution in [1.82, 2.24) is 4.90 Å². The van der Waals surface area contributed by atoms with Gasteiger partial charge in [0.05, 0.1) is 0 Å². The Bertz CT molecular complexity index is 546. The summed E-state index contributed by atoms with van der Waals surface area (Å²) >= 11 is 0. The van der Waals surface area contributed by atoms with Crippen LogP contribution in [0, 0.1) is 0 Å². The van der Waals surface area contributed by atoms with Crippen LogP contribution in [0.4, 0.5) is 5.88 Å². The fourth-order valence-corrected chi connectivity index (χ4v) is 1.88. The van der Waals surface area contributed by atoms with Gasteiger partial charge in [0, 0.05) is 18.7 Å². The van der Waals surface area contributed by atoms with Gasteiger partial charge < -0.3 is 15.1 Å². The molecule has 0 saturated heterocycles. The van der Waals surface area contributed by atoms with Crippen LogP contribution >= 0.6 is 0 Å². The van der Waals surface area contributed by atoms with E-state index in [4.69, 9.17) is 10.2 Å². The Morgan fingerprint density at radius 1 is 1.21 bits per heavy atom. The lowest BCUT2D eigenvalue weighted by Gasteiger charge is -2.25. The third kappa shape index (κ3) is 3.16. The van der Waals surface area contributed by atoms with E-state index in [-0.39, 0.29) is 23.6 Å². The lowest BCUT2D eigenvalue weighted by atomic mass is 10.2. The number of nitrogens with zero attached hydrogens (tertiary/aromatic N) is 1. The summed E-state index contributed by atoms with van der Waals surface area (Å²) in [6, 6.07) is 13.2. The molecule has 4 heteroatoms. The van der Waals surface area contributed by atoms with E-state index in [2.05, 4.69) is 0 Å². The van der Waals surface area contributed by atoms with Gasteiger partial charge in [-0.05, 0) is 25.5 Å². The van der Waals surface area contributed by atoms with Gasteiger partial charge in [-0.3, -0.25) is 4.79 Å². The number of carbonyl (C=O) groups is 1. The largest absolute Gasteiger partial charge is 0.436 e.